The minimum Gasteiger partial charge on any atom is -0.496 e. The number of dihydropyridines is 1. The van der Waals surface area contributed by atoms with Crippen molar-refractivity contribution in [3.05, 3.63) is 52.4 Å². The van der Waals surface area contributed by atoms with Crippen LogP contribution in [-0.4, -0.2) is 18.7 Å². The number of methoxy groups -OCH3 is 1. The van der Waals surface area contributed by atoms with Gasteiger partial charge in [-0.3, -0.25) is 9.59 Å². The zero-order valence-electron chi connectivity index (χ0n) is 13.7. The Morgan fingerprint density at radius 2 is 2.00 bits per heavy atom. The first-order chi connectivity index (χ1) is 11.0. The first-order valence-corrected chi connectivity index (χ1v) is 7.92. The van der Waals surface area contributed by atoms with Crippen LogP contribution in [0, 0.1) is 0 Å². The Hall–Kier alpha value is -2.36. The van der Waals surface area contributed by atoms with E-state index in [0.717, 1.165) is 35.4 Å². The van der Waals surface area contributed by atoms with Crippen molar-refractivity contribution >= 4 is 11.6 Å². The van der Waals surface area contributed by atoms with Crippen molar-refractivity contribution in [2.24, 2.45) is 0 Å². The lowest BCUT2D eigenvalue weighted by Gasteiger charge is -2.34. The lowest BCUT2D eigenvalue weighted by atomic mass is 9.74. The zero-order valence-corrected chi connectivity index (χ0v) is 13.7. The molecule has 1 aromatic carbocycles. The predicted molar refractivity (Wildman–Crippen MR) is 88.1 cm³/mol. The monoisotopic (exact) mass is 311 g/mol. The van der Waals surface area contributed by atoms with Gasteiger partial charge in [-0.15, -0.1) is 0 Å². The molecule has 0 saturated carbocycles. The lowest BCUT2D eigenvalue weighted by molar-refractivity contribution is -0.116. The molecule has 1 N–H and O–H groups in total. The molecule has 4 nitrogen and oxygen atoms in total. The molecule has 120 valence electrons. The summed E-state index contributed by atoms with van der Waals surface area (Å²) >= 11 is 0. The maximum atomic E-state index is 12.6. The standard InChI is InChI=1S/C19H21NO3/c1-11-17(12(2)21)18(13-7-4-5-10-16(13)23-3)19-14(20-11)8-6-9-15(19)22/h4-5,7,10,18,20H,6,8-9H2,1-3H3. The molecule has 0 bridgehead atoms. The number of nitrogens with one attached hydrogen (secondary N) is 1. The van der Waals surface area contributed by atoms with E-state index in [1.165, 1.54) is 0 Å². The largest absolute Gasteiger partial charge is 0.496 e. The third kappa shape index (κ3) is 2.58. The quantitative estimate of drug-likeness (QED) is 0.931. The summed E-state index contributed by atoms with van der Waals surface area (Å²) < 4.78 is 5.49. The molecule has 0 aromatic heterocycles. The number of hydrogen-bond acceptors (Lipinski definition) is 4. The predicted octanol–water partition coefficient (Wildman–Crippen LogP) is 3.25. The Morgan fingerprint density at radius 1 is 1.26 bits per heavy atom. The van der Waals surface area contributed by atoms with E-state index in [1.54, 1.807) is 14.0 Å². The van der Waals surface area contributed by atoms with Gasteiger partial charge in [0.1, 0.15) is 5.75 Å². The van der Waals surface area contributed by atoms with E-state index in [4.69, 9.17) is 4.74 Å². The number of ether oxygens (including phenoxy) is 1. The summed E-state index contributed by atoms with van der Waals surface area (Å²) in [6.07, 6.45) is 2.23. The number of carbonyl (C=O) groups excluding carboxylic acids is 2. The minimum atomic E-state index is -0.340. The minimum absolute atomic E-state index is 0.0178. The van der Waals surface area contributed by atoms with Gasteiger partial charge in [0.05, 0.1) is 7.11 Å². The average Bonchev–Trinajstić information content (AvgIpc) is 2.53. The normalized spacial score (nSPS) is 21.0. The zero-order chi connectivity index (χ0) is 16.6. The Balaban J connectivity index is 2.25. The Morgan fingerprint density at radius 3 is 2.70 bits per heavy atom. The van der Waals surface area contributed by atoms with E-state index in [1.807, 2.05) is 31.2 Å². The van der Waals surface area contributed by atoms with Crippen LogP contribution < -0.4 is 10.1 Å². The van der Waals surface area contributed by atoms with Gasteiger partial charge in [0.15, 0.2) is 11.6 Å². The van der Waals surface area contributed by atoms with Crippen LogP contribution in [0.2, 0.25) is 0 Å². The van der Waals surface area contributed by atoms with Gasteiger partial charge in [0.25, 0.3) is 0 Å². The summed E-state index contributed by atoms with van der Waals surface area (Å²) in [5.74, 6) is 0.473. The second-order valence-electron chi connectivity index (χ2n) is 6.06. The Labute approximate surface area is 136 Å². The molecule has 0 radical (unpaired) electrons. The van der Waals surface area contributed by atoms with Gasteiger partial charge in [-0.1, -0.05) is 18.2 Å². The van der Waals surface area contributed by atoms with E-state index in [-0.39, 0.29) is 17.5 Å². The van der Waals surface area contributed by atoms with Crippen LogP contribution in [0.3, 0.4) is 0 Å². The number of hydrogen-bond donors (Lipinski definition) is 1. The topological polar surface area (TPSA) is 55.4 Å². The van der Waals surface area contributed by atoms with E-state index >= 15 is 0 Å². The second-order valence-corrected chi connectivity index (χ2v) is 6.06. The molecule has 1 heterocycles. The number of benzene rings is 1. The number of para-hydroxylation sites is 1. The van der Waals surface area contributed by atoms with Crippen LogP contribution >= 0.6 is 0 Å². The highest BCUT2D eigenvalue weighted by molar-refractivity contribution is 6.05. The van der Waals surface area contributed by atoms with E-state index < -0.39 is 0 Å². The van der Waals surface area contributed by atoms with Crippen molar-refractivity contribution in [3.63, 3.8) is 0 Å². The van der Waals surface area contributed by atoms with E-state index in [9.17, 15) is 9.59 Å². The van der Waals surface area contributed by atoms with Gasteiger partial charge in [0.2, 0.25) is 0 Å². The van der Waals surface area contributed by atoms with Crippen LogP contribution in [0.1, 0.15) is 44.6 Å². The highest BCUT2D eigenvalue weighted by Gasteiger charge is 2.38. The fourth-order valence-electron chi connectivity index (χ4n) is 3.67. The molecule has 0 amide bonds. The second kappa shape index (κ2) is 6.03. The van der Waals surface area contributed by atoms with Crippen molar-refractivity contribution in [1.82, 2.24) is 5.32 Å². The van der Waals surface area contributed by atoms with E-state index in [0.29, 0.717) is 17.7 Å². The number of ketones is 2. The van der Waals surface area contributed by atoms with Crippen LogP contribution in [0.15, 0.2) is 46.8 Å². The summed E-state index contributed by atoms with van der Waals surface area (Å²) in [5.41, 5.74) is 4.06. The van der Waals surface area contributed by atoms with Crippen molar-refractivity contribution in [1.29, 1.82) is 0 Å². The molecule has 4 heteroatoms. The third-order valence-corrected chi connectivity index (χ3v) is 4.61. The van der Waals surface area contributed by atoms with Gasteiger partial charge in [-0.2, -0.15) is 0 Å². The van der Waals surface area contributed by atoms with Gasteiger partial charge >= 0.3 is 0 Å². The molecule has 2 aliphatic rings. The highest BCUT2D eigenvalue weighted by atomic mass is 16.5. The summed E-state index contributed by atoms with van der Waals surface area (Å²) in [4.78, 5) is 24.9. The molecule has 23 heavy (non-hydrogen) atoms. The Kier molecular flexibility index (Phi) is 4.07. The fraction of sp³-hybridized carbons (Fsp3) is 0.368. The smallest absolute Gasteiger partial charge is 0.161 e. The molecule has 3 rings (SSSR count). The number of carbonyl (C=O) groups is 2. The first kappa shape index (κ1) is 15.5. The summed E-state index contributed by atoms with van der Waals surface area (Å²) in [6.45, 7) is 3.46. The average molecular weight is 311 g/mol. The molecule has 0 fully saturated rings. The maximum Gasteiger partial charge on any atom is 0.161 e. The first-order valence-electron chi connectivity index (χ1n) is 7.92. The Bertz CT molecular complexity index is 743. The van der Waals surface area contributed by atoms with Crippen LogP contribution in [0.4, 0.5) is 0 Å². The van der Waals surface area contributed by atoms with Gasteiger partial charge in [-0.05, 0) is 32.8 Å². The van der Waals surface area contributed by atoms with Crippen LogP contribution in [-0.2, 0) is 9.59 Å². The molecule has 1 aliphatic carbocycles. The molecule has 1 aromatic rings. The molecule has 0 saturated heterocycles. The van der Waals surface area contributed by atoms with Crippen LogP contribution in [0.5, 0.6) is 5.75 Å². The van der Waals surface area contributed by atoms with Crippen molar-refractivity contribution in [2.75, 3.05) is 7.11 Å². The van der Waals surface area contributed by atoms with E-state index in [2.05, 4.69) is 5.32 Å². The van der Waals surface area contributed by atoms with Gasteiger partial charge in [-0.25, -0.2) is 0 Å². The molecular formula is C19H21NO3. The molecule has 1 aliphatic heterocycles. The summed E-state index contributed by atoms with van der Waals surface area (Å²) in [5, 5.41) is 3.29. The van der Waals surface area contributed by atoms with Gasteiger partial charge in [0, 0.05) is 40.4 Å². The van der Waals surface area contributed by atoms with Crippen molar-refractivity contribution in [2.45, 2.75) is 39.0 Å². The van der Waals surface area contributed by atoms with Crippen LogP contribution in [0.25, 0.3) is 0 Å². The summed E-state index contributed by atoms with van der Waals surface area (Å²) in [7, 11) is 1.61. The maximum absolute atomic E-state index is 12.6. The molecule has 1 atom stereocenters. The summed E-state index contributed by atoms with van der Waals surface area (Å²) in [6, 6.07) is 7.63. The highest BCUT2D eigenvalue weighted by Crippen LogP contribution is 2.44. The van der Waals surface area contributed by atoms with Crippen molar-refractivity contribution in [3.8, 4) is 5.75 Å². The SMILES string of the molecule is COc1ccccc1C1C(C(C)=O)=C(C)NC2=C1C(=O)CCC2. The lowest BCUT2D eigenvalue weighted by Crippen LogP contribution is -2.33. The van der Waals surface area contributed by atoms with Crippen molar-refractivity contribution < 1.29 is 14.3 Å². The third-order valence-electron chi connectivity index (χ3n) is 4.61. The number of rotatable bonds is 3. The molecular weight excluding hydrogens is 290 g/mol. The fourth-order valence-corrected chi connectivity index (χ4v) is 3.67. The number of allylic oxidation sites excluding steroid dienone is 4. The van der Waals surface area contributed by atoms with Gasteiger partial charge < -0.3 is 10.1 Å². The number of Topliss-reactive ketones (excluding diaryl/α,β-unsaturated/α-hetero) is 2. The molecule has 1 unspecified atom stereocenters. The molecule has 0 spiro atoms.